The average Bonchev–Trinajstić information content (AvgIpc) is 2.56. The van der Waals surface area contributed by atoms with Crippen LogP contribution in [0, 0.1) is 6.92 Å². The topological polar surface area (TPSA) is 79.5 Å². The van der Waals surface area contributed by atoms with Gasteiger partial charge < -0.3 is 15.4 Å². The second-order valence-corrected chi connectivity index (χ2v) is 7.10. The third-order valence-corrected chi connectivity index (χ3v) is 4.97. The summed E-state index contributed by atoms with van der Waals surface area (Å²) < 4.78 is 33.1. The Bertz CT molecular complexity index is 834. The Kier molecular flexibility index (Phi) is 5.63. The number of hydrogen-bond acceptors (Lipinski definition) is 4. The van der Waals surface area contributed by atoms with E-state index in [-0.39, 0.29) is 4.90 Å². The predicted octanol–water partition coefficient (Wildman–Crippen LogP) is 2.72. The van der Waals surface area contributed by atoms with E-state index < -0.39 is 10.0 Å². The van der Waals surface area contributed by atoms with Gasteiger partial charge in [-0.25, -0.2) is 8.42 Å². The van der Waals surface area contributed by atoms with E-state index in [4.69, 9.17) is 17.0 Å². The summed E-state index contributed by atoms with van der Waals surface area (Å²) in [6.07, 6.45) is 0. The van der Waals surface area contributed by atoms with Crippen molar-refractivity contribution in [3.63, 3.8) is 0 Å². The maximum Gasteiger partial charge on any atom is 0.263 e. The molecule has 0 unspecified atom stereocenters. The quantitative estimate of drug-likeness (QED) is 0.707. The van der Waals surface area contributed by atoms with Crippen LogP contribution in [0.2, 0.25) is 0 Å². The number of thiocarbonyl (C=S) groups is 1. The predicted molar refractivity (Wildman–Crippen MR) is 100 cm³/mol. The molecule has 8 heteroatoms. The summed E-state index contributed by atoms with van der Waals surface area (Å²) in [6.45, 7) is 1.83. The molecule has 0 spiro atoms. The number of methoxy groups -OCH3 is 1. The van der Waals surface area contributed by atoms with Crippen molar-refractivity contribution >= 4 is 38.7 Å². The third-order valence-electron chi connectivity index (χ3n) is 3.24. The molecule has 0 saturated heterocycles. The van der Waals surface area contributed by atoms with Crippen molar-refractivity contribution in [1.29, 1.82) is 0 Å². The second-order valence-electron chi connectivity index (χ2n) is 5.04. The molecule has 2 aromatic carbocycles. The lowest BCUT2D eigenvalue weighted by Crippen LogP contribution is -2.26. The van der Waals surface area contributed by atoms with E-state index in [1.165, 1.54) is 0 Å². The van der Waals surface area contributed by atoms with Gasteiger partial charge in [0.25, 0.3) is 10.0 Å². The van der Waals surface area contributed by atoms with Crippen LogP contribution in [0.3, 0.4) is 0 Å². The van der Waals surface area contributed by atoms with Crippen molar-refractivity contribution in [3.05, 3.63) is 48.0 Å². The standard InChI is InChI=1S/C16H19N3O3S2/c1-11-4-9-14(18-16(23)17-2)15(10-11)24(20,21)19-12-5-7-13(22-3)8-6-12/h4-10,19H,1-3H3,(H2,17,18,23). The monoisotopic (exact) mass is 365 g/mol. The van der Waals surface area contributed by atoms with Gasteiger partial charge in [-0.05, 0) is 61.1 Å². The molecule has 2 rings (SSSR count). The normalized spacial score (nSPS) is 10.8. The fourth-order valence-corrected chi connectivity index (χ4v) is 3.43. The summed E-state index contributed by atoms with van der Waals surface area (Å²) in [5.74, 6) is 0.648. The molecule has 6 nitrogen and oxygen atoms in total. The first-order valence-electron chi connectivity index (χ1n) is 7.12. The number of benzene rings is 2. The van der Waals surface area contributed by atoms with Gasteiger partial charge >= 0.3 is 0 Å². The zero-order valence-corrected chi connectivity index (χ0v) is 15.2. The van der Waals surface area contributed by atoms with Crippen molar-refractivity contribution in [2.75, 3.05) is 24.2 Å². The number of ether oxygens (including phenoxy) is 1. The van der Waals surface area contributed by atoms with Crippen molar-refractivity contribution in [1.82, 2.24) is 5.32 Å². The van der Waals surface area contributed by atoms with Gasteiger partial charge in [-0.1, -0.05) is 6.07 Å². The summed E-state index contributed by atoms with van der Waals surface area (Å²) in [5.41, 5.74) is 1.67. The first kappa shape index (κ1) is 18.0. The van der Waals surface area contributed by atoms with Crippen LogP contribution in [0.25, 0.3) is 0 Å². The van der Waals surface area contributed by atoms with Gasteiger partial charge in [-0.15, -0.1) is 0 Å². The Balaban J connectivity index is 2.36. The van der Waals surface area contributed by atoms with E-state index in [1.807, 2.05) is 13.0 Å². The Morgan fingerprint density at radius 1 is 1.12 bits per heavy atom. The van der Waals surface area contributed by atoms with Gasteiger partial charge in [-0.3, -0.25) is 4.72 Å². The summed E-state index contributed by atoms with van der Waals surface area (Å²) in [4.78, 5) is 0.121. The molecule has 0 aliphatic carbocycles. The van der Waals surface area contributed by atoms with Gasteiger partial charge in [0.05, 0.1) is 12.8 Å². The summed E-state index contributed by atoms with van der Waals surface area (Å²) in [5, 5.41) is 5.97. The number of sulfonamides is 1. The molecule has 0 radical (unpaired) electrons. The first-order valence-corrected chi connectivity index (χ1v) is 9.01. The van der Waals surface area contributed by atoms with Gasteiger partial charge in [-0.2, -0.15) is 0 Å². The maximum absolute atomic E-state index is 12.8. The Morgan fingerprint density at radius 2 is 1.79 bits per heavy atom. The molecule has 0 fully saturated rings. The lowest BCUT2D eigenvalue weighted by atomic mass is 10.2. The molecule has 0 saturated carbocycles. The Hall–Kier alpha value is -2.32. The zero-order chi connectivity index (χ0) is 17.7. The molecule has 2 aromatic rings. The SMILES string of the molecule is CNC(=S)Nc1ccc(C)cc1S(=O)(=O)Nc1ccc(OC)cc1. The van der Waals surface area contributed by atoms with Crippen molar-refractivity contribution in [2.45, 2.75) is 11.8 Å². The van der Waals surface area contributed by atoms with Crippen LogP contribution in [-0.4, -0.2) is 27.7 Å². The van der Waals surface area contributed by atoms with E-state index in [0.29, 0.717) is 22.2 Å². The largest absolute Gasteiger partial charge is 0.497 e. The Labute approximate surface area is 147 Å². The van der Waals surface area contributed by atoms with Crippen molar-refractivity contribution in [2.24, 2.45) is 0 Å². The minimum Gasteiger partial charge on any atom is -0.497 e. The summed E-state index contributed by atoms with van der Waals surface area (Å²) >= 11 is 5.06. The third kappa shape index (κ3) is 4.36. The van der Waals surface area contributed by atoms with E-state index in [0.717, 1.165) is 5.56 Å². The maximum atomic E-state index is 12.8. The average molecular weight is 365 g/mol. The van der Waals surface area contributed by atoms with Crippen LogP contribution >= 0.6 is 12.2 Å². The van der Waals surface area contributed by atoms with Crippen LogP contribution < -0.4 is 20.1 Å². The number of aryl methyl sites for hydroxylation is 1. The lowest BCUT2D eigenvalue weighted by molar-refractivity contribution is 0.415. The van der Waals surface area contributed by atoms with E-state index >= 15 is 0 Å². The molecule has 0 amide bonds. The van der Waals surface area contributed by atoms with Crippen LogP contribution in [0.15, 0.2) is 47.4 Å². The highest BCUT2D eigenvalue weighted by Gasteiger charge is 2.19. The number of hydrogen-bond donors (Lipinski definition) is 3. The molecule has 0 atom stereocenters. The van der Waals surface area contributed by atoms with Gasteiger partial charge in [0.1, 0.15) is 10.6 Å². The molecule has 0 aromatic heterocycles. The smallest absolute Gasteiger partial charge is 0.263 e. The second kappa shape index (κ2) is 7.50. The number of anilines is 2. The molecular weight excluding hydrogens is 346 g/mol. The Morgan fingerprint density at radius 3 is 2.38 bits per heavy atom. The lowest BCUT2D eigenvalue weighted by Gasteiger charge is -2.15. The molecule has 0 aliphatic heterocycles. The van der Waals surface area contributed by atoms with E-state index in [2.05, 4.69) is 15.4 Å². The number of rotatable bonds is 5. The van der Waals surface area contributed by atoms with Crippen molar-refractivity contribution < 1.29 is 13.2 Å². The molecule has 0 aliphatic rings. The molecule has 128 valence electrons. The molecule has 3 N–H and O–H groups in total. The summed E-state index contributed by atoms with van der Waals surface area (Å²) in [6, 6.07) is 11.7. The fraction of sp³-hybridized carbons (Fsp3) is 0.188. The van der Waals surface area contributed by atoms with Gasteiger partial charge in [0, 0.05) is 12.7 Å². The van der Waals surface area contributed by atoms with Gasteiger partial charge in [0.2, 0.25) is 0 Å². The first-order chi connectivity index (χ1) is 11.4. The molecule has 0 heterocycles. The highest BCUT2D eigenvalue weighted by molar-refractivity contribution is 7.93. The minimum atomic E-state index is -3.78. The molecule has 0 bridgehead atoms. The van der Waals surface area contributed by atoms with Crippen molar-refractivity contribution in [3.8, 4) is 5.75 Å². The highest BCUT2D eigenvalue weighted by atomic mass is 32.2. The minimum absolute atomic E-state index is 0.121. The highest BCUT2D eigenvalue weighted by Crippen LogP contribution is 2.26. The fourth-order valence-electron chi connectivity index (χ4n) is 2.01. The molecular formula is C16H19N3O3S2. The van der Waals surface area contributed by atoms with Crippen LogP contribution in [0.1, 0.15) is 5.56 Å². The zero-order valence-electron chi connectivity index (χ0n) is 13.6. The van der Waals surface area contributed by atoms with E-state index in [1.54, 1.807) is 50.6 Å². The van der Waals surface area contributed by atoms with Crippen LogP contribution in [-0.2, 0) is 10.0 Å². The molecule has 24 heavy (non-hydrogen) atoms. The van der Waals surface area contributed by atoms with Crippen LogP contribution in [0.5, 0.6) is 5.75 Å². The van der Waals surface area contributed by atoms with Gasteiger partial charge in [0.15, 0.2) is 5.11 Å². The summed E-state index contributed by atoms with van der Waals surface area (Å²) in [7, 11) is -0.570. The van der Waals surface area contributed by atoms with E-state index in [9.17, 15) is 8.42 Å². The van der Waals surface area contributed by atoms with Crippen LogP contribution in [0.4, 0.5) is 11.4 Å². The number of nitrogens with one attached hydrogen (secondary N) is 3.